The second kappa shape index (κ2) is 12.1. The summed E-state index contributed by atoms with van der Waals surface area (Å²) >= 11 is 1.54. The van der Waals surface area contributed by atoms with Gasteiger partial charge >= 0.3 is 5.97 Å². The fourth-order valence-electron chi connectivity index (χ4n) is 4.56. The molecule has 0 aromatic heterocycles. The highest BCUT2D eigenvalue weighted by atomic mass is 32.2. The van der Waals surface area contributed by atoms with Gasteiger partial charge in [0.05, 0.1) is 0 Å². The Kier molecular flexibility index (Phi) is 8.22. The van der Waals surface area contributed by atoms with Gasteiger partial charge in [-0.15, -0.1) is 0 Å². The van der Waals surface area contributed by atoms with E-state index in [2.05, 4.69) is 5.32 Å². The van der Waals surface area contributed by atoms with Crippen LogP contribution in [0.2, 0.25) is 0 Å². The summed E-state index contributed by atoms with van der Waals surface area (Å²) in [4.78, 5) is 25.2. The Morgan fingerprint density at radius 3 is 2.59 bits per heavy atom. The van der Waals surface area contributed by atoms with Crippen LogP contribution in [0, 0.1) is 0 Å². The van der Waals surface area contributed by atoms with E-state index in [1.807, 2.05) is 79.1 Å². The number of carbonyl (C=O) groups is 2. The molecule has 1 unspecified atom stereocenters. The van der Waals surface area contributed by atoms with Crippen molar-refractivity contribution in [2.45, 2.75) is 18.6 Å². The molecule has 0 saturated heterocycles. The predicted molar refractivity (Wildman–Crippen MR) is 153 cm³/mol. The maximum absolute atomic E-state index is 13.4. The van der Waals surface area contributed by atoms with Gasteiger partial charge in [0.15, 0.2) is 17.6 Å². The Bertz CT molecular complexity index is 1480. The summed E-state index contributed by atoms with van der Waals surface area (Å²) < 4.78 is 17.9. The topological polar surface area (TPSA) is 94.1 Å². The van der Waals surface area contributed by atoms with E-state index in [9.17, 15) is 14.7 Å². The van der Waals surface area contributed by atoms with Crippen molar-refractivity contribution in [2.24, 2.45) is 0 Å². The van der Waals surface area contributed by atoms with Gasteiger partial charge in [-0.25, -0.2) is 4.79 Å². The standard InChI is InChI=1S/C31H29NO6S/c1-39-16-15-27(31(34)35)32-30(33)25-14-13-21(36-18-22-19-37-28-11-4-5-12-29(28)38-22)17-26(25)24-10-6-8-20-7-2-3-9-23(20)24/h2-14,17,22,27H,15-16,18-19H2,1H3,(H,32,33)(H,34,35)/t22?,27-/m0/s1. The van der Waals surface area contributed by atoms with Crippen molar-refractivity contribution < 1.29 is 28.9 Å². The highest BCUT2D eigenvalue weighted by molar-refractivity contribution is 7.98. The lowest BCUT2D eigenvalue weighted by molar-refractivity contribution is -0.139. The molecule has 1 heterocycles. The van der Waals surface area contributed by atoms with E-state index < -0.39 is 17.9 Å². The summed E-state index contributed by atoms with van der Waals surface area (Å²) in [6, 6.07) is 25.6. The SMILES string of the molecule is CSCC[C@H](NC(=O)c1ccc(OCC2COc3ccccc3O2)cc1-c1cccc2ccccc12)C(=O)O. The molecule has 1 amide bonds. The first-order valence-electron chi connectivity index (χ1n) is 12.7. The molecular weight excluding hydrogens is 514 g/mol. The van der Waals surface area contributed by atoms with Crippen LogP contribution in [0.4, 0.5) is 0 Å². The molecule has 2 N–H and O–H groups in total. The van der Waals surface area contributed by atoms with Gasteiger partial charge < -0.3 is 24.6 Å². The number of aliphatic carboxylic acids is 1. The third kappa shape index (κ3) is 6.12. The molecule has 2 atom stereocenters. The molecule has 0 saturated carbocycles. The number of rotatable bonds is 10. The number of thioether (sulfide) groups is 1. The van der Waals surface area contributed by atoms with Crippen molar-refractivity contribution in [1.29, 1.82) is 0 Å². The summed E-state index contributed by atoms with van der Waals surface area (Å²) in [6.07, 6.45) is 1.94. The minimum atomic E-state index is -1.06. The number of fused-ring (bicyclic) bond motifs is 2. The maximum atomic E-state index is 13.4. The number of benzene rings is 4. The van der Waals surface area contributed by atoms with Crippen molar-refractivity contribution in [3.63, 3.8) is 0 Å². The Hall–Kier alpha value is -4.17. The number of carboxylic acids is 1. The van der Waals surface area contributed by atoms with Crippen LogP contribution in [0.15, 0.2) is 84.9 Å². The van der Waals surface area contributed by atoms with Crippen LogP contribution < -0.4 is 19.5 Å². The van der Waals surface area contributed by atoms with Crippen molar-refractivity contribution >= 4 is 34.4 Å². The van der Waals surface area contributed by atoms with Gasteiger partial charge in [0.25, 0.3) is 5.91 Å². The van der Waals surface area contributed by atoms with Gasteiger partial charge in [-0.3, -0.25) is 4.79 Å². The maximum Gasteiger partial charge on any atom is 0.326 e. The van der Waals surface area contributed by atoms with Crippen LogP contribution in [0.1, 0.15) is 16.8 Å². The first kappa shape index (κ1) is 26.4. The number of carboxylic acid groups (broad SMARTS) is 1. The smallest absolute Gasteiger partial charge is 0.326 e. The Morgan fingerprint density at radius 2 is 1.77 bits per heavy atom. The van der Waals surface area contributed by atoms with E-state index in [4.69, 9.17) is 14.2 Å². The largest absolute Gasteiger partial charge is 0.490 e. The summed E-state index contributed by atoms with van der Waals surface area (Å²) in [5, 5.41) is 14.4. The second-order valence-corrected chi connectivity index (χ2v) is 10.2. The summed E-state index contributed by atoms with van der Waals surface area (Å²) in [6.45, 7) is 0.616. The number of hydrogen-bond donors (Lipinski definition) is 2. The fourth-order valence-corrected chi connectivity index (χ4v) is 5.03. The Balaban J connectivity index is 1.44. The van der Waals surface area contributed by atoms with Gasteiger partial charge in [0, 0.05) is 5.56 Å². The zero-order chi connectivity index (χ0) is 27.2. The summed E-state index contributed by atoms with van der Waals surface area (Å²) in [5.41, 5.74) is 1.88. The lowest BCUT2D eigenvalue weighted by atomic mass is 9.94. The van der Waals surface area contributed by atoms with Crippen molar-refractivity contribution in [1.82, 2.24) is 5.32 Å². The molecule has 8 heteroatoms. The summed E-state index contributed by atoms with van der Waals surface area (Å²) in [5.74, 6) is 1.07. The number of ether oxygens (including phenoxy) is 3. The quantitative estimate of drug-likeness (QED) is 0.267. The molecule has 0 aliphatic carbocycles. The molecule has 1 aliphatic heterocycles. The van der Waals surface area contributed by atoms with E-state index in [0.29, 0.717) is 47.2 Å². The number of hydrogen-bond acceptors (Lipinski definition) is 6. The zero-order valence-corrected chi connectivity index (χ0v) is 22.3. The average molecular weight is 544 g/mol. The first-order chi connectivity index (χ1) is 19.0. The molecule has 5 rings (SSSR count). The van der Waals surface area contributed by atoms with Crippen molar-refractivity contribution in [2.75, 3.05) is 25.2 Å². The molecule has 4 aromatic carbocycles. The number of nitrogens with one attached hydrogen (secondary N) is 1. The lowest BCUT2D eigenvalue weighted by Crippen LogP contribution is -2.41. The molecule has 39 heavy (non-hydrogen) atoms. The Morgan fingerprint density at radius 1 is 1.00 bits per heavy atom. The molecule has 200 valence electrons. The fraction of sp³-hybridized carbons (Fsp3) is 0.226. The van der Waals surface area contributed by atoms with Crippen LogP contribution in [0.3, 0.4) is 0 Å². The minimum absolute atomic E-state index is 0.255. The van der Waals surface area contributed by atoms with Gasteiger partial charge in [-0.2, -0.15) is 11.8 Å². The van der Waals surface area contributed by atoms with Gasteiger partial charge in [0.1, 0.15) is 25.0 Å². The normalized spacial score (nSPS) is 14.9. The molecule has 0 fully saturated rings. The number of para-hydroxylation sites is 2. The van der Waals surface area contributed by atoms with Gasteiger partial charge in [-0.05, 0) is 70.7 Å². The van der Waals surface area contributed by atoms with Crippen LogP contribution in [-0.2, 0) is 4.79 Å². The van der Waals surface area contributed by atoms with Crippen molar-refractivity contribution in [3.05, 3.63) is 90.5 Å². The molecular formula is C31H29NO6S. The van der Waals surface area contributed by atoms with Crippen LogP contribution in [-0.4, -0.2) is 54.4 Å². The molecule has 1 aliphatic rings. The van der Waals surface area contributed by atoms with Crippen LogP contribution in [0.5, 0.6) is 17.2 Å². The molecule has 4 aromatic rings. The number of amides is 1. The molecule has 7 nitrogen and oxygen atoms in total. The van der Waals surface area contributed by atoms with Gasteiger partial charge in [-0.1, -0.05) is 54.6 Å². The predicted octanol–water partition coefficient (Wildman–Crippen LogP) is 5.66. The van der Waals surface area contributed by atoms with E-state index >= 15 is 0 Å². The minimum Gasteiger partial charge on any atom is -0.490 e. The number of carbonyl (C=O) groups excluding carboxylic acids is 1. The van der Waals surface area contributed by atoms with E-state index in [1.165, 1.54) is 11.8 Å². The molecule has 0 spiro atoms. The van der Waals surface area contributed by atoms with E-state index in [1.54, 1.807) is 12.1 Å². The Labute approximate surface area is 231 Å². The van der Waals surface area contributed by atoms with Crippen LogP contribution >= 0.6 is 11.8 Å². The third-order valence-corrected chi connectivity index (χ3v) is 7.18. The average Bonchev–Trinajstić information content (AvgIpc) is 2.97. The van der Waals surface area contributed by atoms with Crippen LogP contribution in [0.25, 0.3) is 21.9 Å². The highest BCUT2D eigenvalue weighted by Gasteiger charge is 2.24. The van der Waals surface area contributed by atoms with Gasteiger partial charge in [0.2, 0.25) is 0 Å². The monoisotopic (exact) mass is 543 g/mol. The second-order valence-electron chi connectivity index (χ2n) is 9.19. The summed E-state index contributed by atoms with van der Waals surface area (Å²) in [7, 11) is 0. The highest BCUT2D eigenvalue weighted by Crippen LogP contribution is 2.35. The third-order valence-electron chi connectivity index (χ3n) is 6.53. The van der Waals surface area contributed by atoms with E-state index in [0.717, 1.165) is 16.3 Å². The first-order valence-corrected chi connectivity index (χ1v) is 14.1. The van der Waals surface area contributed by atoms with E-state index in [-0.39, 0.29) is 12.7 Å². The zero-order valence-electron chi connectivity index (χ0n) is 21.5. The molecule has 0 radical (unpaired) electrons. The molecule has 0 bridgehead atoms. The lowest BCUT2D eigenvalue weighted by Gasteiger charge is -2.26. The van der Waals surface area contributed by atoms with Crippen molar-refractivity contribution in [3.8, 4) is 28.4 Å².